The van der Waals surface area contributed by atoms with Crippen molar-refractivity contribution in [2.45, 2.75) is 59.3 Å². The number of carbonyl (C=O) groups is 1. The third kappa shape index (κ3) is 3.66. The molecule has 0 saturated heterocycles. The Balaban J connectivity index is 1.93. The Bertz CT molecular complexity index is 506. The Labute approximate surface area is 128 Å². The van der Waals surface area contributed by atoms with Crippen molar-refractivity contribution in [2.24, 2.45) is 18.9 Å². The van der Waals surface area contributed by atoms with E-state index in [9.17, 15) is 4.79 Å². The molecular weight excluding hydrogens is 262 g/mol. The molecule has 1 aromatic rings. The summed E-state index contributed by atoms with van der Waals surface area (Å²) in [6.45, 7) is 9.14. The van der Waals surface area contributed by atoms with Gasteiger partial charge in [-0.15, -0.1) is 0 Å². The van der Waals surface area contributed by atoms with Crippen molar-refractivity contribution < 1.29 is 4.79 Å². The summed E-state index contributed by atoms with van der Waals surface area (Å²) in [5, 5.41) is 7.57. The second-order valence-electron chi connectivity index (χ2n) is 6.81. The predicted molar refractivity (Wildman–Crippen MR) is 85.2 cm³/mol. The summed E-state index contributed by atoms with van der Waals surface area (Å²) >= 11 is 0. The molecule has 4 nitrogen and oxygen atoms in total. The number of nitrogens with zero attached hydrogens (tertiary/aromatic N) is 2. The maximum Gasteiger partial charge on any atom is 0.227 e. The van der Waals surface area contributed by atoms with Gasteiger partial charge in [0.05, 0.1) is 11.6 Å². The molecule has 0 unspecified atom stereocenters. The largest absolute Gasteiger partial charge is 0.355 e. The summed E-state index contributed by atoms with van der Waals surface area (Å²) in [6.07, 6.45) is 5.15. The predicted octanol–water partition coefficient (Wildman–Crippen LogP) is 3.08. The molecule has 2 rings (SSSR count). The number of hydrogen-bond donors (Lipinski definition) is 1. The van der Waals surface area contributed by atoms with Gasteiger partial charge in [0, 0.05) is 24.8 Å². The van der Waals surface area contributed by atoms with Gasteiger partial charge in [-0.1, -0.05) is 19.8 Å². The smallest absolute Gasteiger partial charge is 0.227 e. The summed E-state index contributed by atoms with van der Waals surface area (Å²) in [7, 11) is 1.93. The van der Waals surface area contributed by atoms with Gasteiger partial charge in [-0.2, -0.15) is 5.10 Å². The molecule has 1 aliphatic rings. The normalized spacial score (nSPS) is 23.9. The lowest BCUT2D eigenvalue weighted by molar-refractivity contribution is -0.122. The average Bonchev–Trinajstić information content (AvgIpc) is 2.69. The molecule has 4 heteroatoms. The van der Waals surface area contributed by atoms with Gasteiger partial charge < -0.3 is 5.32 Å². The van der Waals surface area contributed by atoms with E-state index in [2.05, 4.69) is 17.3 Å². The van der Waals surface area contributed by atoms with Gasteiger partial charge in [0.25, 0.3) is 0 Å². The molecule has 0 aromatic carbocycles. The Morgan fingerprint density at radius 2 is 2.14 bits per heavy atom. The van der Waals surface area contributed by atoms with Crippen molar-refractivity contribution in [3.63, 3.8) is 0 Å². The van der Waals surface area contributed by atoms with Crippen LogP contribution in [-0.4, -0.2) is 22.2 Å². The van der Waals surface area contributed by atoms with Crippen molar-refractivity contribution in [3.8, 4) is 0 Å². The lowest BCUT2D eigenvalue weighted by Gasteiger charge is -2.27. The highest BCUT2D eigenvalue weighted by Gasteiger charge is 2.24. The van der Waals surface area contributed by atoms with E-state index in [0.717, 1.165) is 29.4 Å². The summed E-state index contributed by atoms with van der Waals surface area (Å²) in [5.74, 6) is 1.47. The first kappa shape index (κ1) is 16.1. The molecule has 118 valence electrons. The zero-order valence-electron chi connectivity index (χ0n) is 14.1. The molecule has 1 aromatic heterocycles. The summed E-state index contributed by atoms with van der Waals surface area (Å²) < 4.78 is 1.86. The Morgan fingerprint density at radius 1 is 1.43 bits per heavy atom. The molecule has 1 aliphatic carbocycles. The summed E-state index contributed by atoms with van der Waals surface area (Å²) in [5.41, 5.74) is 3.12. The highest BCUT2D eigenvalue weighted by atomic mass is 16.1. The molecule has 0 radical (unpaired) electrons. The van der Waals surface area contributed by atoms with Crippen LogP contribution in [0.3, 0.4) is 0 Å². The van der Waals surface area contributed by atoms with E-state index >= 15 is 0 Å². The van der Waals surface area contributed by atoms with Gasteiger partial charge in [0.1, 0.15) is 0 Å². The standard InChI is InChI=1S/C17H29N3O/c1-11-7-6-8-15(9-11)10-18-17(21)12(2)16-13(3)19-20(5)14(16)4/h11-12,15H,6-10H2,1-5H3,(H,18,21)/t11-,12-,15-/m0/s1. The molecule has 1 N–H and O–H groups in total. The molecular formula is C17H29N3O. The second-order valence-corrected chi connectivity index (χ2v) is 6.81. The fraction of sp³-hybridized carbons (Fsp3) is 0.765. The van der Waals surface area contributed by atoms with Gasteiger partial charge >= 0.3 is 0 Å². The van der Waals surface area contributed by atoms with E-state index in [0.29, 0.717) is 5.92 Å². The molecule has 1 fully saturated rings. The van der Waals surface area contributed by atoms with Crippen molar-refractivity contribution in [3.05, 3.63) is 17.0 Å². The van der Waals surface area contributed by atoms with Crippen molar-refractivity contribution in [1.29, 1.82) is 0 Å². The minimum atomic E-state index is -0.125. The molecule has 3 atom stereocenters. The first-order valence-electron chi connectivity index (χ1n) is 8.18. The van der Waals surface area contributed by atoms with Crippen LogP contribution in [0.1, 0.15) is 62.4 Å². The first-order chi connectivity index (χ1) is 9.90. The third-order valence-corrected chi connectivity index (χ3v) is 5.00. The van der Waals surface area contributed by atoms with Crippen LogP contribution in [0.5, 0.6) is 0 Å². The minimum Gasteiger partial charge on any atom is -0.355 e. The van der Waals surface area contributed by atoms with E-state index in [1.54, 1.807) is 0 Å². The second kappa shape index (κ2) is 6.63. The fourth-order valence-electron chi connectivity index (χ4n) is 3.69. The Morgan fingerprint density at radius 3 is 2.71 bits per heavy atom. The highest BCUT2D eigenvalue weighted by molar-refractivity contribution is 5.83. The van der Waals surface area contributed by atoms with Gasteiger partial charge in [-0.25, -0.2) is 0 Å². The molecule has 1 saturated carbocycles. The Kier molecular flexibility index (Phi) is 5.07. The van der Waals surface area contributed by atoms with E-state index in [1.807, 2.05) is 32.5 Å². The third-order valence-electron chi connectivity index (χ3n) is 5.00. The molecule has 21 heavy (non-hydrogen) atoms. The van der Waals surface area contributed by atoms with Gasteiger partial charge in [0.2, 0.25) is 5.91 Å². The zero-order chi connectivity index (χ0) is 15.6. The average molecular weight is 291 g/mol. The van der Waals surface area contributed by atoms with E-state index in [4.69, 9.17) is 0 Å². The van der Waals surface area contributed by atoms with Crippen LogP contribution in [0.2, 0.25) is 0 Å². The minimum absolute atomic E-state index is 0.125. The zero-order valence-corrected chi connectivity index (χ0v) is 14.1. The quantitative estimate of drug-likeness (QED) is 0.926. The number of amides is 1. The Hall–Kier alpha value is -1.32. The highest BCUT2D eigenvalue weighted by Crippen LogP contribution is 2.28. The number of nitrogens with one attached hydrogen (secondary N) is 1. The SMILES string of the molecule is Cc1nn(C)c(C)c1[C@H](C)C(=O)NC[C@H]1CCC[C@H](C)C1. The van der Waals surface area contributed by atoms with Crippen molar-refractivity contribution in [2.75, 3.05) is 6.54 Å². The molecule has 1 amide bonds. The maximum absolute atomic E-state index is 12.4. The van der Waals surface area contributed by atoms with Crippen LogP contribution in [-0.2, 0) is 11.8 Å². The van der Waals surface area contributed by atoms with E-state index < -0.39 is 0 Å². The van der Waals surface area contributed by atoms with Crippen LogP contribution in [0.25, 0.3) is 0 Å². The monoisotopic (exact) mass is 291 g/mol. The molecule has 0 spiro atoms. The topological polar surface area (TPSA) is 46.9 Å². The van der Waals surface area contributed by atoms with Gasteiger partial charge in [-0.05, 0) is 45.4 Å². The molecule has 0 aliphatic heterocycles. The van der Waals surface area contributed by atoms with Crippen molar-refractivity contribution in [1.82, 2.24) is 15.1 Å². The number of rotatable bonds is 4. The number of carbonyl (C=O) groups excluding carboxylic acids is 1. The van der Waals surface area contributed by atoms with Gasteiger partial charge in [0.15, 0.2) is 0 Å². The van der Waals surface area contributed by atoms with Crippen LogP contribution in [0, 0.1) is 25.7 Å². The van der Waals surface area contributed by atoms with Crippen LogP contribution in [0.4, 0.5) is 0 Å². The summed E-state index contributed by atoms with van der Waals surface area (Å²) in [4.78, 5) is 12.4. The molecule has 0 bridgehead atoms. The first-order valence-corrected chi connectivity index (χ1v) is 8.18. The number of hydrogen-bond acceptors (Lipinski definition) is 2. The van der Waals surface area contributed by atoms with Crippen molar-refractivity contribution >= 4 is 5.91 Å². The van der Waals surface area contributed by atoms with Crippen LogP contribution in [0.15, 0.2) is 0 Å². The number of aryl methyl sites for hydroxylation is 2. The van der Waals surface area contributed by atoms with Gasteiger partial charge in [-0.3, -0.25) is 9.48 Å². The van der Waals surface area contributed by atoms with Crippen LogP contribution < -0.4 is 5.32 Å². The van der Waals surface area contributed by atoms with E-state index in [1.165, 1.54) is 25.7 Å². The lowest BCUT2D eigenvalue weighted by Crippen LogP contribution is -2.34. The van der Waals surface area contributed by atoms with E-state index in [-0.39, 0.29) is 11.8 Å². The summed E-state index contributed by atoms with van der Waals surface area (Å²) in [6, 6.07) is 0. The number of aromatic nitrogens is 2. The van der Waals surface area contributed by atoms with Crippen LogP contribution >= 0.6 is 0 Å². The fourth-order valence-corrected chi connectivity index (χ4v) is 3.69. The molecule has 1 heterocycles. The maximum atomic E-state index is 12.4. The lowest BCUT2D eigenvalue weighted by atomic mass is 9.82.